The molecular formula is C10H8O2. The molecular weight excluding hydrogens is 152 g/mol. The molecule has 0 spiro atoms. The van der Waals surface area contributed by atoms with Crippen molar-refractivity contribution in [2.45, 2.75) is 6.61 Å². The van der Waals surface area contributed by atoms with Gasteiger partial charge in [-0.1, -0.05) is 30.8 Å². The van der Waals surface area contributed by atoms with Crippen LogP contribution in [0.2, 0.25) is 0 Å². The van der Waals surface area contributed by atoms with Crippen LogP contribution in [0.1, 0.15) is 11.1 Å². The summed E-state index contributed by atoms with van der Waals surface area (Å²) in [5, 5.41) is 0. The van der Waals surface area contributed by atoms with Crippen molar-refractivity contribution in [2.24, 2.45) is 0 Å². The minimum atomic E-state index is -0.311. The van der Waals surface area contributed by atoms with Crippen LogP contribution >= 0.6 is 0 Å². The number of esters is 1. The highest BCUT2D eigenvalue weighted by atomic mass is 16.5. The Morgan fingerprint density at radius 1 is 1.33 bits per heavy atom. The summed E-state index contributed by atoms with van der Waals surface area (Å²) in [6.45, 7) is 4.03. The molecule has 2 nitrogen and oxygen atoms in total. The highest BCUT2D eigenvalue weighted by molar-refractivity contribution is 6.16. The fraction of sp³-hybridized carbons (Fsp3) is 0.100. The third-order valence-corrected chi connectivity index (χ3v) is 1.95. The molecule has 1 aromatic carbocycles. The van der Waals surface area contributed by atoms with E-state index in [2.05, 4.69) is 6.58 Å². The third kappa shape index (κ3) is 0.925. The fourth-order valence-corrected chi connectivity index (χ4v) is 1.28. The molecule has 12 heavy (non-hydrogen) atoms. The molecule has 1 aliphatic heterocycles. The number of hydrogen-bond acceptors (Lipinski definition) is 2. The van der Waals surface area contributed by atoms with Crippen molar-refractivity contribution in [3.05, 3.63) is 42.0 Å². The highest BCUT2D eigenvalue weighted by Gasteiger charge is 2.19. The monoisotopic (exact) mass is 160 g/mol. The molecule has 0 atom stereocenters. The molecule has 1 aromatic rings. The lowest BCUT2D eigenvalue weighted by Crippen LogP contribution is -2.14. The maximum Gasteiger partial charge on any atom is 0.338 e. The number of carbonyl (C=O) groups is 1. The lowest BCUT2D eigenvalue weighted by molar-refractivity contribution is -0.138. The van der Waals surface area contributed by atoms with Gasteiger partial charge in [-0.05, 0) is 11.1 Å². The second-order valence-corrected chi connectivity index (χ2v) is 2.71. The number of carbonyl (C=O) groups excluding carboxylic acids is 1. The molecule has 0 unspecified atom stereocenters. The molecule has 0 saturated carbocycles. The summed E-state index contributed by atoms with van der Waals surface area (Å²) < 4.78 is 4.88. The largest absolute Gasteiger partial charge is 0.457 e. The quantitative estimate of drug-likeness (QED) is 0.427. The van der Waals surface area contributed by atoms with Gasteiger partial charge in [0.1, 0.15) is 6.61 Å². The Hall–Kier alpha value is -1.57. The SMILES string of the molecule is C=C1C(=O)OCc2ccccc21. The molecule has 0 aliphatic carbocycles. The normalized spacial score (nSPS) is 15.3. The summed E-state index contributed by atoms with van der Waals surface area (Å²) in [5.41, 5.74) is 2.40. The van der Waals surface area contributed by atoms with Gasteiger partial charge in [-0.25, -0.2) is 4.79 Å². The molecule has 1 aliphatic rings. The van der Waals surface area contributed by atoms with Gasteiger partial charge in [0.25, 0.3) is 0 Å². The molecule has 0 amide bonds. The van der Waals surface area contributed by atoms with Gasteiger partial charge in [-0.2, -0.15) is 0 Å². The number of hydrogen-bond donors (Lipinski definition) is 0. The van der Waals surface area contributed by atoms with Crippen LogP contribution in [0.25, 0.3) is 5.57 Å². The van der Waals surface area contributed by atoms with E-state index in [0.717, 1.165) is 11.1 Å². The molecule has 0 bridgehead atoms. The van der Waals surface area contributed by atoms with E-state index in [1.54, 1.807) is 0 Å². The van der Waals surface area contributed by atoms with Crippen molar-refractivity contribution < 1.29 is 9.53 Å². The van der Waals surface area contributed by atoms with Crippen LogP contribution in [0.4, 0.5) is 0 Å². The maximum absolute atomic E-state index is 11.0. The van der Waals surface area contributed by atoms with Crippen LogP contribution < -0.4 is 0 Å². The number of ether oxygens (including phenoxy) is 1. The van der Waals surface area contributed by atoms with Crippen molar-refractivity contribution >= 4 is 11.5 Å². The van der Waals surface area contributed by atoms with E-state index in [0.29, 0.717) is 12.2 Å². The summed E-state index contributed by atoms with van der Waals surface area (Å²) >= 11 is 0. The first-order valence-electron chi connectivity index (χ1n) is 3.73. The van der Waals surface area contributed by atoms with Crippen molar-refractivity contribution in [3.63, 3.8) is 0 Å². The lowest BCUT2D eigenvalue weighted by atomic mass is 10.00. The van der Waals surface area contributed by atoms with Crippen LogP contribution in [0.3, 0.4) is 0 Å². The topological polar surface area (TPSA) is 26.3 Å². The van der Waals surface area contributed by atoms with Crippen molar-refractivity contribution in [1.82, 2.24) is 0 Å². The van der Waals surface area contributed by atoms with E-state index in [1.807, 2.05) is 24.3 Å². The van der Waals surface area contributed by atoms with Crippen molar-refractivity contribution in [3.8, 4) is 0 Å². The van der Waals surface area contributed by atoms with E-state index in [1.165, 1.54) is 0 Å². The average Bonchev–Trinajstić information content (AvgIpc) is 2.12. The lowest BCUT2D eigenvalue weighted by Gasteiger charge is -2.16. The zero-order valence-electron chi connectivity index (χ0n) is 6.54. The van der Waals surface area contributed by atoms with E-state index < -0.39 is 0 Å². The Labute approximate surface area is 70.5 Å². The standard InChI is InChI=1S/C10H8O2/c1-7-9-5-3-2-4-8(9)6-12-10(7)11/h2-5H,1,6H2. The van der Waals surface area contributed by atoms with Gasteiger partial charge in [0.15, 0.2) is 0 Å². The molecule has 60 valence electrons. The second-order valence-electron chi connectivity index (χ2n) is 2.71. The van der Waals surface area contributed by atoms with Crippen molar-refractivity contribution in [1.29, 1.82) is 0 Å². The number of benzene rings is 1. The highest BCUT2D eigenvalue weighted by Crippen LogP contribution is 2.24. The molecule has 2 heteroatoms. The van der Waals surface area contributed by atoms with Crippen molar-refractivity contribution in [2.75, 3.05) is 0 Å². The summed E-state index contributed by atoms with van der Waals surface area (Å²) in [4.78, 5) is 11.0. The minimum Gasteiger partial charge on any atom is -0.457 e. The van der Waals surface area contributed by atoms with Gasteiger partial charge >= 0.3 is 5.97 Å². The van der Waals surface area contributed by atoms with Crippen LogP contribution in [0.5, 0.6) is 0 Å². The Kier molecular flexibility index (Phi) is 1.47. The first-order chi connectivity index (χ1) is 5.79. The van der Waals surface area contributed by atoms with E-state index in [-0.39, 0.29) is 5.97 Å². The minimum absolute atomic E-state index is 0.311. The molecule has 0 saturated heterocycles. The number of rotatable bonds is 0. The number of fused-ring (bicyclic) bond motifs is 1. The van der Waals surface area contributed by atoms with Gasteiger partial charge in [-0.15, -0.1) is 0 Å². The summed E-state index contributed by atoms with van der Waals surface area (Å²) in [6, 6.07) is 7.64. The van der Waals surface area contributed by atoms with Gasteiger partial charge in [0.05, 0.1) is 5.57 Å². The molecule has 0 aromatic heterocycles. The van der Waals surface area contributed by atoms with E-state index >= 15 is 0 Å². The molecule has 1 heterocycles. The second kappa shape index (κ2) is 2.48. The Morgan fingerprint density at radius 2 is 2.08 bits per heavy atom. The average molecular weight is 160 g/mol. The molecule has 0 fully saturated rings. The predicted molar refractivity (Wildman–Crippen MR) is 45.3 cm³/mol. The first kappa shape index (κ1) is 7.10. The van der Waals surface area contributed by atoms with Gasteiger partial charge in [-0.3, -0.25) is 0 Å². The fourth-order valence-electron chi connectivity index (χ4n) is 1.28. The Balaban J connectivity index is 2.56. The van der Waals surface area contributed by atoms with Gasteiger partial charge in [0.2, 0.25) is 0 Å². The zero-order valence-corrected chi connectivity index (χ0v) is 6.54. The Morgan fingerprint density at radius 3 is 2.92 bits per heavy atom. The maximum atomic E-state index is 11.0. The van der Waals surface area contributed by atoms with Crippen LogP contribution in [0.15, 0.2) is 30.8 Å². The smallest absolute Gasteiger partial charge is 0.338 e. The summed E-state index contributed by atoms with van der Waals surface area (Å²) in [7, 11) is 0. The van der Waals surface area contributed by atoms with E-state index in [9.17, 15) is 4.79 Å². The Bertz CT molecular complexity index is 353. The van der Waals surface area contributed by atoms with E-state index in [4.69, 9.17) is 4.74 Å². The number of cyclic esters (lactones) is 1. The summed E-state index contributed by atoms with van der Waals surface area (Å²) in [6.07, 6.45) is 0. The first-order valence-corrected chi connectivity index (χ1v) is 3.73. The zero-order chi connectivity index (χ0) is 8.55. The molecule has 0 radical (unpaired) electrons. The van der Waals surface area contributed by atoms with Gasteiger partial charge < -0.3 is 4.74 Å². The van der Waals surface area contributed by atoms with Crippen LogP contribution in [-0.2, 0) is 16.1 Å². The van der Waals surface area contributed by atoms with Gasteiger partial charge in [0, 0.05) is 0 Å². The third-order valence-electron chi connectivity index (χ3n) is 1.95. The van der Waals surface area contributed by atoms with Crippen LogP contribution in [0, 0.1) is 0 Å². The molecule has 0 N–H and O–H groups in total. The van der Waals surface area contributed by atoms with Crippen LogP contribution in [-0.4, -0.2) is 5.97 Å². The predicted octanol–water partition coefficient (Wildman–Crippen LogP) is 1.76. The summed E-state index contributed by atoms with van der Waals surface area (Å²) in [5.74, 6) is -0.311. The molecule has 2 rings (SSSR count).